The molecule has 7 nitrogen and oxygen atoms in total. The van der Waals surface area contributed by atoms with Crippen LogP contribution in [0.15, 0.2) is 5.11 Å². The lowest BCUT2D eigenvalue weighted by Crippen LogP contribution is -2.52. The summed E-state index contributed by atoms with van der Waals surface area (Å²) in [7, 11) is 0. The largest absolute Gasteiger partial charge is 0.368 e. The Labute approximate surface area is 99.6 Å². The van der Waals surface area contributed by atoms with E-state index in [1.807, 2.05) is 6.92 Å². The van der Waals surface area contributed by atoms with Crippen molar-refractivity contribution in [2.24, 2.45) is 16.8 Å². The topological polar surface area (TPSA) is 112 Å². The molecule has 0 aliphatic carbocycles. The zero-order valence-corrected chi connectivity index (χ0v) is 9.87. The minimum atomic E-state index is -0.545. The van der Waals surface area contributed by atoms with Crippen LogP contribution in [0.5, 0.6) is 0 Å². The monoisotopic (exact) mass is 239 g/mol. The van der Waals surface area contributed by atoms with Gasteiger partial charge in [0, 0.05) is 24.4 Å². The third-order valence-electron chi connectivity index (χ3n) is 3.04. The molecule has 7 heteroatoms. The lowest BCUT2D eigenvalue weighted by atomic mass is 9.95. The molecular formula is C10H17N5O2. The van der Waals surface area contributed by atoms with Gasteiger partial charge in [0.05, 0.1) is 0 Å². The fourth-order valence-electron chi connectivity index (χ4n) is 2.12. The number of primary amides is 1. The average molecular weight is 239 g/mol. The number of hydrogen-bond donors (Lipinski definition) is 1. The smallest absolute Gasteiger partial charge is 0.240 e. The molecule has 0 aromatic carbocycles. The summed E-state index contributed by atoms with van der Waals surface area (Å²) >= 11 is 0. The van der Waals surface area contributed by atoms with Crippen molar-refractivity contribution in [3.63, 3.8) is 0 Å². The summed E-state index contributed by atoms with van der Waals surface area (Å²) in [6, 6.07) is -0.545. The van der Waals surface area contributed by atoms with E-state index in [-0.39, 0.29) is 11.8 Å². The average Bonchev–Trinajstić information content (AvgIpc) is 2.30. The van der Waals surface area contributed by atoms with E-state index >= 15 is 0 Å². The number of carbonyl (C=O) groups is 2. The fourth-order valence-corrected chi connectivity index (χ4v) is 2.12. The lowest BCUT2D eigenvalue weighted by Gasteiger charge is -2.36. The molecule has 2 amide bonds. The molecule has 2 unspecified atom stereocenters. The highest BCUT2D eigenvalue weighted by molar-refractivity contribution is 5.86. The third-order valence-corrected chi connectivity index (χ3v) is 3.04. The van der Waals surface area contributed by atoms with Crippen LogP contribution in [0.1, 0.15) is 26.2 Å². The predicted molar refractivity (Wildman–Crippen MR) is 61.7 cm³/mol. The van der Waals surface area contributed by atoms with Gasteiger partial charge < -0.3 is 10.6 Å². The maximum Gasteiger partial charge on any atom is 0.240 e. The Morgan fingerprint density at radius 3 is 3.00 bits per heavy atom. The van der Waals surface area contributed by atoms with Crippen LogP contribution in [0.2, 0.25) is 0 Å². The van der Waals surface area contributed by atoms with Gasteiger partial charge in [-0.25, -0.2) is 0 Å². The Kier molecular flexibility index (Phi) is 4.78. The summed E-state index contributed by atoms with van der Waals surface area (Å²) in [5, 5.41) is 3.51. The van der Waals surface area contributed by atoms with Gasteiger partial charge in [0.1, 0.15) is 6.04 Å². The number of rotatable bonds is 5. The van der Waals surface area contributed by atoms with Gasteiger partial charge >= 0.3 is 0 Å². The van der Waals surface area contributed by atoms with Gasteiger partial charge in [-0.1, -0.05) is 12.0 Å². The predicted octanol–water partition coefficient (Wildman–Crippen LogP) is 0.799. The first-order valence-electron chi connectivity index (χ1n) is 5.69. The number of nitrogens with zero attached hydrogens (tertiary/aromatic N) is 4. The van der Waals surface area contributed by atoms with Crippen molar-refractivity contribution < 1.29 is 9.59 Å². The van der Waals surface area contributed by atoms with Gasteiger partial charge in [0.2, 0.25) is 11.8 Å². The quantitative estimate of drug-likeness (QED) is 0.434. The molecule has 2 N–H and O–H groups in total. The zero-order valence-electron chi connectivity index (χ0n) is 9.87. The lowest BCUT2D eigenvalue weighted by molar-refractivity contribution is -0.142. The molecule has 1 aliphatic heterocycles. The van der Waals surface area contributed by atoms with Crippen LogP contribution in [-0.2, 0) is 9.59 Å². The Bertz CT molecular complexity index is 351. The second-order valence-electron chi connectivity index (χ2n) is 4.19. The van der Waals surface area contributed by atoms with E-state index in [2.05, 4.69) is 10.0 Å². The molecule has 1 rings (SSSR count). The summed E-state index contributed by atoms with van der Waals surface area (Å²) < 4.78 is 0. The molecule has 0 saturated carbocycles. The van der Waals surface area contributed by atoms with E-state index in [0.29, 0.717) is 32.4 Å². The van der Waals surface area contributed by atoms with Crippen molar-refractivity contribution in [2.75, 3.05) is 13.1 Å². The first-order valence-corrected chi connectivity index (χ1v) is 5.69. The van der Waals surface area contributed by atoms with Crippen LogP contribution in [-0.4, -0.2) is 35.8 Å². The zero-order chi connectivity index (χ0) is 12.8. The van der Waals surface area contributed by atoms with Crippen LogP contribution >= 0.6 is 0 Å². The van der Waals surface area contributed by atoms with Crippen LogP contribution < -0.4 is 5.73 Å². The molecule has 0 radical (unpaired) electrons. The van der Waals surface area contributed by atoms with Gasteiger partial charge in [-0.3, -0.25) is 9.59 Å². The summed E-state index contributed by atoms with van der Waals surface area (Å²) in [5.74, 6) is -0.407. The van der Waals surface area contributed by atoms with Crippen LogP contribution in [0.25, 0.3) is 10.4 Å². The first-order chi connectivity index (χ1) is 8.10. The number of piperidine rings is 1. The number of likely N-dealkylation sites (tertiary alicyclic amines) is 1. The van der Waals surface area contributed by atoms with E-state index in [1.54, 1.807) is 0 Å². The Balaban J connectivity index is 2.71. The highest BCUT2D eigenvalue weighted by Gasteiger charge is 2.32. The maximum atomic E-state index is 11.7. The first kappa shape index (κ1) is 13.3. The van der Waals surface area contributed by atoms with Crippen molar-refractivity contribution in [2.45, 2.75) is 32.2 Å². The standard InChI is InChI=1S/C10H17N5O2/c1-2-8(10(11)17)15-6-7(5-13-14-12)3-4-9(15)16/h7-8H,2-6H2,1H3,(H2,11,17). The maximum absolute atomic E-state index is 11.7. The molecule has 0 bridgehead atoms. The SMILES string of the molecule is CCC(C(N)=O)N1CC(CN=[N+]=[N-])CCC1=O. The fraction of sp³-hybridized carbons (Fsp3) is 0.800. The Morgan fingerprint density at radius 1 is 1.76 bits per heavy atom. The minimum Gasteiger partial charge on any atom is -0.368 e. The number of azide groups is 1. The molecule has 2 atom stereocenters. The number of amides is 2. The van der Waals surface area contributed by atoms with E-state index in [1.165, 1.54) is 4.90 Å². The molecule has 17 heavy (non-hydrogen) atoms. The van der Waals surface area contributed by atoms with Gasteiger partial charge in [-0.05, 0) is 24.3 Å². The number of carbonyl (C=O) groups excluding carboxylic acids is 2. The highest BCUT2D eigenvalue weighted by Crippen LogP contribution is 2.21. The van der Waals surface area contributed by atoms with E-state index < -0.39 is 11.9 Å². The van der Waals surface area contributed by atoms with E-state index in [4.69, 9.17) is 11.3 Å². The Morgan fingerprint density at radius 2 is 2.47 bits per heavy atom. The normalized spacial score (nSPS) is 21.8. The molecule has 0 spiro atoms. The summed E-state index contributed by atoms with van der Waals surface area (Å²) in [6.07, 6.45) is 1.59. The molecular weight excluding hydrogens is 222 g/mol. The van der Waals surface area contributed by atoms with E-state index in [9.17, 15) is 9.59 Å². The summed E-state index contributed by atoms with van der Waals surface area (Å²) in [4.78, 5) is 27.2. The Hall–Kier alpha value is -1.75. The molecule has 1 saturated heterocycles. The number of hydrogen-bond acceptors (Lipinski definition) is 3. The van der Waals surface area contributed by atoms with Gasteiger partial charge in [-0.2, -0.15) is 0 Å². The van der Waals surface area contributed by atoms with Crippen molar-refractivity contribution >= 4 is 11.8 Å². The molecule has 1 fully saturated rings. The van der Waals surface area contributed by atoms with Crippen molar-refractivity contribution in [3.05, 3.63) is 10.4 Å². The molecule has 94 valence electrons. The van der Waals surface area contributed by atoms with E-state index in [0.717, 1.165) is 0 Å². The van der Waals surface area contributed by atoms with Crippen LogP contribution in [0, 0.1) is 5.92 Å². The summed E-state index contributed by atoms with van der Waals surface area (Å²) in [6.45, 7) is 2.62. The van der Waals surface area contributed by atoms with Crippen LogP contribution in [0.4, 0.5) is 0 Å². The van der Waals surface area contributed by atoms with Gasteiger partial charge in [0.15, 0.2) is 0 Å². The molecule has 0 aromatic heterocycles. The highest BCUT2D eigenvalue weighted by atomic mass is 16.2. The second-order valence-corrected chi connectivity index (χ2v) is 4.19. The molecule has 0 aromatic rings. The van der Waals surface area contributed by atoms with Crippen molar-refractivity contribution in [3.8, 4) is 0 Å². The number of nitrogens with two attached hydrogens (primary N) is 1. The van der Waals surface area contributed by atoms with Gasteiger partial charge in [0.25, 0.3) is 0 Å². The van der Waals surface area contributed by atoms with Crippen molar-refractivity contribution in [1.29, 1.82) is 0 Å². The second kappa shape index (κ2) is 6.10. The summed E-state index contributed by atoms with van der Waals surface area (Å²) in [5.41, 5.74) is 13.5. The third kappa shape index (κ3) is 3.35. The van der Waals surface area contributed by atoms with Gasteiger partial charge in [-0.15, -0.1) is 0 Å². The van der Waals surface area contributed by atoms with Crippen molar-refractivity contribution in [1.82, 2.24) is 4.90 Å². The molecule has 1 aliphatic rings. The minimum absolute atomic E-state index is 0.0483. The molecule has 1 heterocycles. The van der Waals surface area contributed by atoms with Crippen LogP contribution in [0.3, 0.4) is 0 Å².